The van der Waals surface area contributed by atoms with Crippen LogP contribution in [-0.2, 0) is 10.8 Å². The van der Waals surface area contributed by atoms with Crippen molar-refractivity contribution in [3.8, 4) is 0 Å². The molecule has 1 aromatic carbocycles. The van der Waals surface area contributed by atoms with Gasteiger partial charge in [0.1, 0.15) is 0 Å². The predicted molar refractivity (Wildman–Crippen MR) is 86.7 cm³/mol. The van der Waals surface area contributed by atoms with Gasteiger partial charge in [0.15, 0.2) is 0 Å². The summed E-state index contributed by atoms with van der Waals surface area (Å²) in [6.45, 7) is 11.5. The molecule has 0 amide bonds. The molecule has 0 aromatic heterocycles. The molecule has 1 aliphatic carbocycles. The number of allylic oxidation sites excluding steroid dienone is 1. The Morgan fingerprint density at radius 2 is 1.60 bits per heavy atom. The van der Waals surface area contributed by atoms with E-state index in [2.05, 4.69) is 50.1 Å². The lowest BCUT2D eigenvalue weighted by molar-refractivity contribution is 0.332. The molecule has 1 aromatic rings. The molecule has 1 aliphatic heterocycles. The van der Waals surface area contributed by atoms with Crippen molar-refractivity contribution in [2.24, 2.45) is 4.99 Å². The van der Waals surface area contributed by atoms with Crippen LogP contribution < -0.4 is 5.32 Å². The summed E-state index contributed by atoms with van der Waals surface area (Å²) in [5, 5.41) is 3.40. The van der Waals surface area contributed by atoms with Crippen LogP contribution in [0.4, 0.5) is 5.69 Å². The molecule has 20 heavy (non-hydrogen) atoms. The van der Waals surface area contributed by atoms with Gasteiger partial charge in [-0.25, -0.2) is 0 Å². The maximum absolute atomic E-state index is 4.47. The molecule has 0 saturated carbocycles. The SMILES string of the molecule is CC1=CNc2cc3c(cc2C=N1)C(C)(C)CCC3(C)C. The molecule has 0 fully saturated rings. The Balaban J connectivity index is 2.22. The molecule has 0 bridgehead atoms. The lowest BCUT2D eigenvalue weighted by Gasteiger charge is -2.42. The van der Waals surface area contributed by atoms with Gasteiger partial charge in [0.05, 0.1) is 5.70 Å². The van der Waals surface area contributed by atoms with Gasteiger partial charge in [-0.2, -0.15) is 0 Å². The van der Waals surface area contributed by atoms with Crippen molar-refractivity contribution in [2.45, 2.75) is 58.3 Å². The summed E-state index contributed by atoms with van der Waals surface area (Å²) in [6.07, 6.45) is 6.46. The van der Waals surface area contributed by atoms with Crippen LogP contribution in [0.3, 0.4) is 0 Å². The number of fused-ring (bicyclic) bond motifs is 2. The van der Waals surface area contributed by atoms with Gasteiger partial charge in [0.2, 0.25) is 0 Å². The minimum atomic E-state index is 0.252. The summed E-state index contributed by atoms with van der Waals surface area (Å²) >= 11 is 0. The number of hydrogen-bond donors (Lipinski definition) is 1. The maximum atomic E-state index is 4.47. The van der Waals surface area contributed by atoms with E-state index in [9.17, 15) is 0 Å². The molecule has 0 radical (unpaired) electrons. The van der Waals surface area contributed by atoms with E-state index in [0.29, 0.717) is 0 Å². The summed E-state index contributed by atoms with van der Waals surface area (Å²) < 4.78 is 0. The van der Waals surface area contributed by atoms with E-state index in [0.717, 1.165) is 5.70 Å². The molecule has 106 valence electrons. The van der Waals surface area contributed by atoms with E-state index in [1.165, 1.54) is 35.2 Å². The van der Waals surface area contributed by atoms with Gasteiger partial charge in [-0.3, -0.25) is 4.99 Å². The second-order valence-corrected chi connectivity index (χ2v) is 7.44. The van der Waals surface area contributed by atoms with Crippen LogP contribution in [-0.4, -0.2) is 6.21 Å². The molecule has 0 unspecified atom stereocenters. The Bertz CT molecular complexity index is 619. The minimum Gasteiger partial charge on any atom is -0.359 e. The van der Waals surface area contributed by atoms with E-state index in [4.69, 9.17) is 0 Å². The summed E-state index contributed by atoms with van der Waals surface area (Å²) in [6, 6.07) is 4.68. The molecule has 2 nitrogen and oxygen atoms in total. The average molecular weight is 268 g/mol. The topological polar surface area (TPSA) is 24.4 Å². The molecule has 1 heterocycles. The number of rotatable bonds is 0. The largest absolute Gasteiger partial charge is 0.359 e. The third-order valence-corrected chi connectivity index (χ3v) is 4.87. The molecule has 0 atom stereocenters. The van der Waals surface area contributed by atoms with Crippen LogP contribution in [0, 0.1) is 0 Å². The number of hydrogen-bond acceptors (Lipinski definition) is 2. The van der Waals surface area contributed by atoms with Crippen LogP contribution in [0.5, 0.6) is 0 Å². The highest BCUT2D eigenvalue weighted by Crippen LogP contribution is 2.47. The Morgan fingerprint density at radius 1 is 1.00 bits per heavy atom. The normalized spacial score (nSPS) is 22.1. The van der Waals surface area contributed by atoms with Crippen LogP contribution in [0.15, 0.2) is 29.0 Å². The summed E-state index contributed by atoms with van der Waals surface area (Å²) in [5.74, 6) is 0. The van der Waals surface area contributed by atoms with E-state index < -0.39 is 0 Å². The zero-order chi connectivity index (χ0) is 14.5. The standard InChI is InChI=1S/C18H24N2/c1-12-10-20-16-9-15-14(8-13(16)11-19-12)17(2,3)6-7-18(15,4)5/h8-11,20H,6-7H2,1-5H3. The number of nitrogens with one attached hydrogen (secondary N) is 1. The Morgan fingerprint density at radius 3 is 2.25 bits per heavy atom. The van der Waals surface area contributed by atoms with Crippen molar-refractivity contribution >= 4 is 11.9 Å². The molecule has 0 spiro atoms. The van der Waals surface area contributed by atoms with Crippen molar-refractivity contribution in [3.05, 3.63) is 40.7 Å². The Labute approximate surface area is 122 Å². The zero-order valence-electron chi connectivity index (χ0n) is 13.2. The fraction of sp³-hybridized carbons (Fsp3) is 0.500. The van der Waals surface area contributed by atoms with Crippen molar-refractivity contribution in [3.63, 3.8) is 0 Å². The van der Waals surface area contributed by atoms with Gasteiger partial charge in [0.25, 0.3) is 0 Å². The predicted octanol–water partition coefficient (Wildman–Crippen LogP) is 4.74. The summed E-state index contributed by atoms with van der Waals surface area (Å²) in [5.41, 5.74) is 6.86. The molecule has 2 heteroatoms. The third-order valence-electron chi connectivity index (χ3n) is 4.87. The van der Waals surface area contributed by atoms with Crippen LogP contribution in [0.1, 0.15) is 64.2 Å². The van der Waals surface area contributed by atoms with E-state index in [-0.39, 0.29) is 10.8 Å². The van der Waals surface area contributed by atoms with Crippen LogP contribution in [0.25, 0.3) is 0 Å². The summed E-state index contributed by atoms with van der Waals surface area (Å²) in [7, 11) is 0. The molecule has 3 rings (SSSR count). The number of nitrogens with zero attached hydrogens (tertiary/aromatic N) is 1. The van der Waals surface area contributed by atoms with Crippen LogP contribution in [0.2, 0.25) is 0 Å². The molecule has 2 aliphatic rings. The lowest BCUT2D eigenvalue weighted by Crippen LogP contribution is -2.34. The Kier molecular flexibility index (Phi) is 2.82. The van der Waals surface area contributed by atoms with Crippen molar-refractivity contribution in [1.29, 1.82) is 0 Å². The van der Waals surface area contributed by atoms with E-state index >= 15 is 0 Å². The minimum absolute atomic E-state index is 0.252. The Hall–Kier alpha value is -1.57. The highest BCUT2D eigenvalue weighted by atomic mass is 14.9. The first-order valence-electron chi connectivity index (χ1n) is 7.46. The summed E-state index contributed by atoms with van der Waals surface area (Å²) in [4.78, 5) is 4.47. The number of aliphatic imine (C=N–C) groups is 1. The van der Waals surface area contributed by atoms with Crippen molar-refractivity contribution in [2.75, 3.05) is 5.32 Å². The quantitative estimate of drug-likeness (QED) is 0.722. The highest BCUT2D eigenvalue weighted by molar-refractivity contribution is 5.90. The first-order valence-corrected chi connectivity index (χ1v) is 7.46. The van der Waals surface area contributed by atoms with Crippen molar-refractivity contribution < 1.29 is 0 Å². The fourth-order valence-corrected chi connectivity index (χ4v) is 3.25. The first-order chi connectivity index (χ1) is 9.29. The van der Waals surface area contributed by atoms with Crippen molar-refractivity contribution in [1.82, 2.24) is 0 Å². The van der Waals surface area contributed by atoms with E-state index in [1.807, 2.05) is 19.3 Å². The first kappa shape index (κ1) is 13.4. The van der Waals surface area contributed by atoms with Gasteiger partial charge in [-0.1, -0.05) is 27.7 Å². The number of benzene rings is 1. The monoisotopic (exact) mass is 268 g/mol. The van der Waals surface area contributed by atoms with Gasteiger partial charge < -0.3 is 5.32 Å². The third kappa shape index (κ3) is 2.07. The van der Waals surface area contributed by atoms with Gasteiger partial charge >= 0.3 is 0 Å². The second kappa shape index (κ2) is 4.21. The second-order valence-electron chi connectivity index (χ2n) is 7.44. The van der Waals surface area contributed by atoms with Gasteiger partial charge in [-0.05, 0) is 53.9 Å². The molecular weight excluding hydrogens is 244 g/mol. The smallest absolute Gasteiger partial charge is 0.0532 e. The maximum Gasteiger partial charge on any atom is 0.0532 e. The molecular formula is C18H24N2. The number of anilines is 1. The van der Waals surface area contributed by atoms with E-state index in [1.54, 1.807) is 0 Å². The van der Waals surface area contributed by atoms with Gasteiger partial charge in [-0.15, -0.1) is 0 Å². The molecule has 1 N–H and O–H groups in total. The van der Waals surface area contributed by atoms with Gasteiger partial charge in [0, 0.05) is 23.7 Å². The lowest BCUT2D eigenvalue weighted by atomic mass is 9.63. The van der Waals surface area contributed by atoms with Crippen LogP contribution >= 0.6 is 0 Å². The average Bonchev–Trinajstić information content (AvgIpc) is 2.56. The highest BCUT2D eigenvalue weighted by Gasteiger charge is 2.37. The molecule has 0 saturated heterocycles. The zero-order valence-corrected chi connectivity index (χ0v) is 13.2. The fourth-order valence-electron chi connectivity index (χ4n) is 3.25.